The molecule has 1 saturated heterocycles. The maximum atomic E-state index is 3.81. The third-order valence-corrected chi connectivity index (χ3v) is 2.35. The summed E-state index contributed by atoms with van der Waals surface area (Å²) < 4.78 is 0. The zero-order valence-corrected chi connectivity index (χ0v) is 7.97. The lowest BCUT2D eigenvalue weighted by Crippen LogP contribution is -2.29. The van der Waals surface area contributed by atoms with Gasteiger partial charge in [-0.05, 0) is 38.8 Å². The first-order valence-corrected chi connectivity index (χ1v) is 5.10. The van der Waals surface area contributed by atoms with Crippen LogP contribution in [0.1, 0.15) is 32.1 Å². The van der Waals surface area contributed by atoms with E-state index in [4.69, 9.17) is 0 Å². The van der Waals surface area contributed by atoms with Crippen LogP contribution in [0.5, 0.6) is 0 Å². The van der Waals surface area contributed by atoms with Crippen LogP contribution >= 0.6 is 0 Å². The van der Waals surface area contributed by atoms with Crippen molar-refractivity contribution in [1.82, 2.24) is 4.90 Å². The van der Waals surface area contributed by atoms with E-state index < -0.39 is 0 Å². The SMILES string of the molecule is [CH2]CC/C=C/CN1CCCCC1. The molecular weight excluding hydrogens is 146 g/mol. The molecule has 0 spiro atoms. The van der Waals surface area contributed by atoms with Gasteiger partial charge >= 0.3 is 0 Å². The average molecular weight is 166 g/mol. The Morgan fingerprint density at radius 3 is 2.50 bits per heavy atom. The summed E-state index contributed by atoms with van der Waals surface area (Å²) in [6.07, 6.45) is 10.9. The molecule has 0 aromatic heterocycles. The van der Waals surface area contributed by atoms with E-state index >= 15 is 0 Å². The highest BCUT2D eigenvalue weighted by molar-refractivity contribution is 4.85. The molecule has 1 aliphatic heterocycles. The molecule has 1 rings (SSSR count). The third-order valence-electron chi connectivity index (χ3n) is 2.35. The Labute approximate surface area is 76.5 Å². The van der Waals surface area contributed by atoms with Crippen LogP contribution in [-0.4, -0.2) is 24.5 Å². The summed E-state index contributed by atoms with van der Waals surface area (Å²) in [7, 11) is 0. The third kappa shape index (κ3) is 3.91. The summed E-state index contributed by atoms with van der Waals surface area (Å²) in [5.41, 5.74) is 0. The molecule has 1 aliphatic rings. The molecule has 1 heterocycles. The Bertz CT molecular complexity index is 123. The van der Waals surface area contributed by atoms with Gasteiger partial charge in [0.1, 0.15) is 0 Å². The summed E-state index contributed by atoms with van der Waals surface area (Å²) in [5.74, 6) is 0. The molecule has 1 nitrogen and oxygen atoms in total. The van der Waals surface area contributed by atoms with Crippen LogP contribution in [0.25, 0.3) is 0 Å². The van der Waals surface area contributed by atoms with E-state index in [1.54, 1.807) is 0 Å². The van der Waals surface area contributed by atoms with Crippen molar-refractivity contribution < 1.29 is 0 Å². The van der Waals surface area contributed by atoms with Gasteiger partial charge in [0.2, 0.25) is 0 Å². The predicted octanol–water partition coefficient (Wildman–Crippen LogP) is 2.64. The maximum absolute atomic E-state index is 3.81. The van der Waals surface area contributed by atoms with Gasteiger partial charge in [-0.3, -0.25) is 4.90 Å². The molecule has 0 aromatic carbocycles. The smallest absolute Gasteiger partial charge is 0.0163 e. The molecule has 1 fully saturated rings. The van der Waals surface area contributed by atoms with Gasteiger partial charge in [0.25, 0.3) is 0 Å². The minimum atomic E-state index is 1.02. The Balaban J connectivity index is 2.04. The number of unbranched alkanes of at least 4 members (excludes halogenated alkanes) is 1. The van der Waals surface area contributed by atoms with E-state index in [1.165, 1.54) is 32.4 Å². The van der Waals surface area contributed by atoms with Gasteiger partial charge in [0, 0.05) is 6.54 Å². The van der Waals surface area contributed by atoms with Gasteiger partial charge in [-0.1, -0.05) is 25.5 Å². The van der Waals surface area contributed by atoms with Gasteiger partial charge in [-0.2, -0.15) is 0 Å². The van der Waals surface area contributed by atoms with E-state index in [1.807, 2.05) is 0 Å². The molecule has 0 amide bonds. The lowest BCUT2D eigenvalue weighted by Gasteiger charge is -2.24. The van der Waals surface area contributed by atoms with Crippen LogP contribution in [-0.2, 0) is 0 Å². The second-order valence-electron chi connectivity index (χ2n) is 3.47. The Morgan fingerprint density at radius 2 is 1.83 bits per heavy atom. The summed E-state index contributed by atoms with van der Waals surface area (Å²) in [6.45, 7) is 7.56. The monoisotopic (exact) mass is 166 g/mol. The van der Waals surface area contributed by atoms with E-state index in [0.717, 1.165) is 19.4 Å². The topological polar surface area (TPSA) is 3.24 Å². The average Bonchev–Trinajstić information content (AvgIpc) is 2.14. The molecular formula is C11H20N. The minimum absolute atomic E-state index is 1.02. The first-order valence-electron chi connectivity index (χ1n) is 5.10. The van der Waals surface area contributed by atoms with Gasteiger partial charge in [-0.15, -0.1) is 0 Å². The molecule has 1 heteroatoms. The largest absolute Gasteiger partial charge is 0.300 e. The fourth-order valence-electron chi connectivity index (χ4n) is 1.60. The number of hydrogen-bond donors (Lipinski definition) is 0. The first kappa shape index (κ1) is 9.79. The highest BCUT2D eigenvalue weighted by atomic mass is 15.1. The zero-order valence-electron chi connectivity index (χ0n) is 7.97. The number of nitrogens with zero attached hydrogens (tertiary/aromatic N) is 1. The van der Waals surface area contributed by atoms with Crippen LogP contribution in [0, 0.1) is 6.92 Å². The second kappa shape index (κ2) is 6.24. The number of likely N-dealkylation sites (tertiary alicyclic amines) is 1. The lowest BCUT2D eigenvalue weighted by molar-refractivity contribution is 0.251. The molecule has 0 N–H and O–H groups in total. The standard InChI is InChI=1S/C11H20N/c1-2-3-4-6-9-12-10-7-5-8-11-12/h4,6H,1-3,5,7-11H2/b6-4+. The Hall–Kier alpha value is -0.300. The van der Waals surface area contributed by atoms with Crippen LogP contribution in [0.2, 0.25) is 0 Å². The molecule has 69 valence electrons. The van der Waals surface area contributed by atoms with Crippen molar-refractivity contribution in [2.75, 3.05) is 19.6 Å². The van der Waals surface area contributed by atoms with Crippen LogP contribution < -0.4 is 0 Å². The Morgan fingerprint density at radius 1 is 1.08 bits per heavy atom. The van der Waals surface area contributed by atoms with Crippen molar-refractivity contribution in [3.63, 3.8) is 0 Å². The van der Waals surface area contributed by atoms with Gasteiger partial charge in [-0.25, -0.2) is 0 Å². The van der Waals surface area contributed by atoms with Gasteiger partial charge in [0.05, 0.1) is 0 Å². The number of allylic oxidation sites excluding steroid dienone is 1. The van der Waals surface area contributed by atoms with E-state index in [0.29, 0.717) is 0 Å². The van der Waals surface area contributed by atoms with Crippen LogP contribution in [0.3, 0.4) is 0 Å². The Kier molecular flexibility index (Phi) is 5.09. The number of rotatable bonds is 4. The molecule has 0 aromatic rings. The minimum Gasteiger partial charge on any atom is -0.300 e. The van der Waals surface area contributed by atoms with Crippen molar-refractivity contribution in [1.29, 1.82) is 0 Å². The fourth-order valence-corrected chi connectivity index (χ4v) is 1.60. The zero-order chi connectivity index (χ0) is 8.65. The van der Waals surface area contributed by atoms with E-state index in [9.17, 15) is 0 Å². The van der Waals surface area contributed by atoms with Gasteiger partial charge in [0.15, 0.2) is 0 Å². The van der Waals surface area contributed by atoms with Crippen molar-refractivity contribution in [2.24, 2.45) is 0 Å². The maximum Gasteiger partial charge on any atom is 0.0163 e. The first-order chi connectivity index (χ1) is 5.93. The molecule has 0 saturated carbocycles. The van der Waals surface area contributed by atoms with Crippen LogP contribution in [0.4, 0.5) is 0 Å². The summed E-state index contributed by atoms with van der Waals surface area (Å²) in [4.78, 5) is 2.53. The van der Waals surface area contributed by atoms with Crippen LogP contribution in [0.15, 0.2) is 12.2 Å². The normalized spacial score (nSPS) is 20.4. The summed E-state index contributed by atoms with van der Waals surface area (Å²) >= 11 is 0. The molecule has 0 bridgehead atoms. The van der Waals surface area contributed by atoms with Crippen molar-refractivity contribution >= 4 is 0 Å². The highest BCUT2D eigenvalue weighted by Crippen LogP contribution is 2.07. The highest BCUT2D eigenvalue weighted by Gasteiger charge is 2.06. The van der Waals surface area contributed by atoms with Crippen molar-refractivity contribution in [2.45, 2.75) is 32.1 Å². The predicted molar refractivity (Wildman–Crippen MR) is 54.0 cm³/mol. The van der Waals surface area contributed by atoms with E-state index in [-0.39, 0.29) is 0 Å². The molecule has 0 aliphatic carbocycles. The number of piperidine rings is 1. The summed E-state index contributed by atoms with van der Waals surface area (Å²) in [5, 5.41) is 0. The molecule has 0 atom stereocenters. The lowest BCUT2D eigenvalue weighted by atomic mass is 10.1. The second-order valence-corrected chi connectivity index (χ2v) is 3.47. The molecule has 0 unspecified atom stereocenters. The quantitative estimate of drug-likeness (QED) is 0.580. The van der Waals surface area contributed by atoms with Gasteiger partial charge < -0.3 is 0 Å². The van der Waals surface area contributed by atoms with E-state index in [2.05, 4.69) is 24.0 Å². The molecule has 12 heavy (non-hydrogen) atoms. The fraction of sp³-hybridized carbons (Fsp3) is 0.727. The van der Waals surface area contributed by atoms with Crippen molar-refractivity contribution in [3.05, 3.63) is 19.1 Å². The summed E-state index contributed by atoms with van der Waals surface area (Å²) in [6, 6.07) is 0. The molecule has 1 radical (unpaired) electrons. The number of hydrogen-bond acceptors (Lipinski definition) is 1. The van der Waals surface area contributed by atoms with Crippen molar-refractivity contribution in [3.8, 4) is 0 Å².